The number of hydrogen-bond donors (Lipinski definition) is 2. The number of carboxylic acid groups (broad SMARTS) is 1. The average molecular weight is 341 g/mol. The van der Waals surface area contributed by atoms with Crippen molar-refractivity contribution in [2.24, 2.45) is 0 Å². The summed E-state index contributed by atoms with van der Waals surface area (Å²) in [6, 6.07) is 3.96. The monoisotopic (exact) mass is 340 g/mol. The summed E-state index contributed by atoms with van der Waals surface area (Å²) in [5.74, 6) is -2.43. The highest BCUT2D eigenvalue weighted by Gasteiger charge is 2.31. The maximum atomic E-state index is 13.2. The average Bonchev–Trinajstić information content (AvgIpc) is 2.83. The molecule has 2 rings (SSSR count). The van der Waals surface area contributed by atoms with Crippen LogP contribution in [0.4, 0.5) is 4.39 Å². The number of nitrogens with zero attached hydrogens (tertiary/aromatic N) is 3. The van der Waals surface area contributed by atoms with Crippen LogP contribution in [0.5, 0.6) is 0 Å². The van der Waals surface area contributed by atoms with Crippen molar-refractivity contribution in [3.05, 3.63) is 40.4 Å². The van der Waals surface area contributed by atoms with Crippen molar-refractivity contribution in [2.75, 3.05) is 0 Å². The van der Waals surface area contributed by atoms with Gasteiger partial charge in [-0.25, -0.2) is 13.9 Å². The topological polar surface area (TPSA) is 97.1 Å². The van der Waals surface area contributed by atoms with Crippen LogP contribution in [0.15, 0.2) is 18.2 Å². The Kier molecular flexibility index (Phi) is 4.37. The number of hydrogen-bond acceptors (Lipinski definition) is 4. The third kappa shape index (κ3) is 3.31. The van der Waals surface area contributed by atoms with Crippen molar-refractivity contribution in [1.29, 1.82) is 0 Å². The minimum absolute atomic E-state index is 0.0280. The minimum atomic E-state index is -1.45. The van der Waals surface area contributed by atoms with Crippen molar-refractivity contribution in [1.82, 2.24) is 20.3 Å². The predicted octanol–water partition coefficient (Wildman–Crippen LogP) is 1.96. The predicted molar refractivity (Wildman–Crippen MR) is 80.2 cm³/mol. The molecule has 0 radical (unpaired) electrons. The number of carbonyl (C=O) groups excluding carboxylic acids is 1. The lowest BCUT2D eigenvalue weighted by Crippen LogP contribution is -2.49. The van der Waals surface area contributed by atoms with Crippen LogP contribution in [0.1, 0.15) is 30.0 Å². The molecule has 2 aromatic rings. The molecular weight excluding hydrogens is 327 g/mol. The smallest absolute Gasteiger partial charge is 0.328 e. The van der Waals surface area contributed by atoms with Gasteiger partial charge in [0, 0.05) is 0 Å². The van der Waals surface area contributed by atoms with Gasteiger partial charge in [-0.05, 0) is 39.0 Å². The van der Waals surface area contributed by atoms with Crippen LogP contribution in [-0.2, 0) is 4.79 Å². The summed E-state index contributed by atoms with van der Waals surface area (Å²) in [5, 5.41) is 18.9. The van der Waals surface area contributed by atoms with Gasteiger partial charge in [0.25, 0.3) is 5.91 Å². The number of carbonyl (C=O) groups is 2. The molecule has 1 aromatic carbocycles. The van der Waals surface area contributed by atoms with Crippen LogP contribution in [-0.4, -0.2) is 37.5 Å². The molecule has 9 heteroatoms. The van der Waals surface area contributed by atoms with Crippen LogP contribution in [0, 0.1) is 12.7 Å². The highest BCUT2D eigenvalue weighted by molar-refractivity contribution is 6.30. The highest BCUT2D eigenvalue weighted by Crippen LogP contribution is 2.20. The number of halogens is 2. The molecule has 0 aliphatic heterocycles. The molecule has 2 N–H and O–H groups in total. The number of carboxylic acids is 1. The fourth-order valence-electron chi connectivity index (χ4n) is 1.80. The quantitative estimate of drug-likeness (QED) is 0.886. The zero-order valence-electron chi connectivity index (χ0n) is 12.6. The summed E-state index contributed by atoms with van der Waals surface area (Å²) >= 11 is 5.73. The first-order valence-electron chi connectivity index (χ1n) is 6.57. The Morgan fingerprint density at radius 1 is 1.39 bits per heavy atom. The Morgan fingerprint density at radius 2 is 2.04 bits per heavy atom. The van der Waals surface area contributed by atoms with Crippen molar-refractivity contribution >= 4 is 23.5 Å². The fraction of sp³-hybridized carbons (Fsp3) is 0.286. The standard InChI is InChI=1S/C14H14ClFN4O3/c1-7-11(12(21)17-14(2,3)13(22)23)18-19-20(7)8-4-5-10(16)9(15)6-8/h4-6H,1-3H3,(H,17,21)(H,22,23). The van der Waals surface area contributed by atoms with Crippen LogP contribution >= 0.6 is 11.6 Å². The van der Waals surface area contributed by atoms with Crippen molar-refractivity contribution in [3.63, 3.8) is 0 Å². The van der Waals surface area contributed by atoms with E-state index in [4.69, 9.17) is 16.7 Å². The van der Waals surface area contributed by atoms with Gasteiger partial charge in [-0.3, -0.25) is 4.79 Å². The Morgan fingerprint density at radius 3 is 2.61 bits per heavy atom. The van der Waals surface area contributed by atoms with E-state index in [1.165, 1.54) is 36.7 Å². The molecule has 0 saturated heterocycles. The summed E-state index contributed by atoms with van der Waals surface area (Å²) in [4.78, 5) is 23.2. The van der Waals surface area contributed by atoms with E-state index in [0.29, 0.717) is 11.4 Å². The second-order valence-electron chi connectivity index (χ2n) is 5.42. The first-order chi connectivity index (χ1) is 10.6. The SMILES string of the molecule is Cc1c(C(=O)NC(C)(C)C(=O)O)nnn1-c1ccc(F)c(Cl)c1. The van der Waals surface area contributed by atoms with Gasteiger partial charge in [0.15, 0.2) is 5.69 Å². The fourth-order valence-corrected chi connectivity index (χ4v) is 1.97. The zero-order valence-corrected chi connectivity index (χ0v) is 13.3. The summed E-state index contributed by atoms with van der Waals surface area (Å²) in [6.45, 7) is 4.29. The van der Waals surface area contributed by atoms with E-state index in [9.17, 15) is 14.0 Å². The minimum Gasteiger partial charge on any atom is -0.480 e. The lowest BCUT2D eigenvalue weighted by Gasteiger charge is -2.20. The van der Waals surface area contributed by atoms with Crippen LogP contribution in [0.25, 0.3) is 5.69 Å². The molecular formula is C14H14ClFN4O3. The molecule has 7 nitrogen and oxygen atoms in total. The number of amides is 1. The van der Waals surface area contributed by atoms with E-state index < -0.39 is 23.2 Å². The molecule has 0 atom stereocenters. The molecule has 1 aromatic heterocycles. The van der Waals surface area contributed by atoms with Crippen molar-refractivity contribution in [3.8, 4) is 5.69 Å². The van der Waals surface area contributed by atoms with E-state index in [2.05, 4.69) is 15.6 Å². The first-order valence-corrected chi connectivity index (χ1v) is 6.95. The number of aliphatic carboxylic acids is 1. The van der Waals surface area contributed by atoms with Gasteiger partial charge in [-0.2, -0.15) is 0 Å². The van der Waals surface area contributed by atoms with Gasteiger partial charge in [-0.1, -0.05) is 16.8 Å². The largest absolute Gasteiger partial charge is 0.480 e. The molecule has 0 saturated carbocycles. The van der Waals surface area contributed by atoms with E-state index in [1.54, 1.807) is 6.92 Å². The maximum absolute atomic E-state index is 13.2. The van der Waals surface area contributed by atoms with Gasteiger partial charge in [0.05, 0.1) is 16.4 Å². The molecule has 0 bridgehead atoms. The first kappa shape index (κ1) is 16.9. The van der Waals surface area contributed by atoms with Gasteiger partial charge in [-0.15, -0.1) is 5.10 Å². The van der Waals surface area contributed by atoms with Crippen LogP contribution < -0.4 is 5.32 Å². The number of rotatable bonds is 4. The van der Waals surface area contributed by atoms with Gasteiger partial charge in [0.1, 0.15) is 11.4 Å². The molecule has 1 amide bonds. The van der Waals surface area contributed by atoms with Crippen molar-refractivity contribution < 1.29 is 19.1 Å². The van der Waals surface area contributed by atoms with Crippen molar-refractivity contribution in [2.45, 2.75) is 26.3 Å². The Hall–Kier alpha value is -2.48. The van der Waals surface area contributed by atoms with Gasteiger partial charge < -0.3 is 10.4 Å². The van der Waals surface area contributed by atoms with E-state index in [0.717, 1.165) is 0 Å². The molecule has 1 heterocycles. The molecule has 0 unspecified atom stereocenters. The second kappa shape index (κ2) is 5.96. The van der Waals surface area contributed by atoms with E-state index in [-0.39, 0.29) is 10.7 Å². The lowest BCUT2D eigenvalue weighted by atomic mass is 10.1. The van der Waals surface area contributed by atoms with E-state index >= 15 is 0 Å². The highest BCUT2D eigenvalue weighted by atomic mass is 35.5. The summed E-state index contributed by atoms with van der Waals surface area (Å²) < 4.78 is 14.5. The Labute approximate surface area is 136 Å². The van der Waals surface area contributed by atoms with Crippen LogP contribution in [0.2, 0.25) is 5.02 Å². The zero-order chi connectivity index (χ0) is 17.4. The summed E-state index contributed by atoms with van der Waals surface area (Å²) in [7, 11) is 0. The van der Waals surface area contributed by atoms with Gasteiger partial charge >= 0.3 is 5.97 Å². The third-order valence-electron chi connectivity index (χ3n) is 3.22. The normalized spacial score (nSPS) is 11.3. The van der Waals surface area contributed by atoms with Gasteiger partial charge in [0.2, 0.25) is 0 Å². The molecule has 0 aliphatic rings. The summed E-state index contributed by atoms with van der Waals surface area (Å²) in [6.07, 6.45) is 0. The van der Waals surface area contributed by atoms with Crippen LogP contribution in [0.3, 0.4) is 0 Å². The molecule has 122 valence electrons. The molecule has 23 heavy (non-hydrogen) atoms. The van der Waals surface area contributed by atoms with E-state index in [1.807, 2.05) is 0 Å². The molecule has 0 fully saturated rings. The number of benzene rings is 1. The molecule has 0 spiro atoms. The Bertz CT molecular complexity index is 788. The Balaban J connectivity index is 2.34. The third-order valence-corrected chi connectivity index (χ3v) is 3.51. The second-order valence-corrected chi connectivity index (χ2v) is 5.83. The number of aromatic nitrogens is 3. The summed E-state index contributed by atoms with van der Waals surface area (Å²) in [5.41, 5.74) is -0.684. The maximum Gasteiger partial charge on any atom is 0.328 e. The lowest BCUT2D eigenvalue weighted by molar-refractivity contribution is -0.143. The molecule has 0 aliphatic carbocycles. The number of nitrogens with one attached hydrogen (secondary N) is 1.